The van der Waals surface area contributed by atoms with Crippen LogP contribution in [-0.4, -0.2) is 31.5 Å². The lowest BCUT2D eigenvalue weighted by Gasteiger charge is -2.12. The van der Waals surface area contributed by atoms with Gasteiger partial charge in [0.05, 0.1) is 5.75 Å². The molecule has 0 radical (unpaired) electrons. The second-order valence-corrected chi connectivity index (χ2v) is 9.13. The lowest BCUT2D eigenvalue weighted by atomic mass is 10.2. The number of hydrogen-bond donors (Lipinski definition) is 3. The van der Waals surface area contributed by atoms with Gasteiger partial charge in [0.2, 0.25) is 5.91 Å². The first-order valence-corrected chi connectivity index (χ1v) is 12.2. The molecule has 3 aromatic carbocycles. The number of thiocarbonyl (C=S) groups is 1. The molecule has 0 aliphatic rings. The van der Waals surface area contributed by atoms with Crippen molar-refractivity contribution < 1.29 is 4.79 Å². The van der Waals surface area contributed by atoms with E-state index in [1.54, 1.807) is 36.4 Å². The fraction of sp³-hybridized carbons (Fsp3) is 0.0435. The maximum atomic E-state index is 12.4. The van der Waals surface area contributed by atoms with E-state index in [0.717, 1.165) is 16.9 Å². The number of amides is 1. The minimum absolute atomic E-state index is 0.0943. The summed E-state index contributed by atoms with van der Waals surface area (Å²) in [5.41, 5.74) is 7.74. The molecule has 1 aromatic heterocycles. The van der Waals surface area contributed by atoms with Crippen molar-refractivity contribution in [2.75, 3.05) is 11.1 Å². The van der Waals surface area contributed by atoms with Gasteiger partial charge in [0.1, 0.15) is 0 Å². The van der Waals surface area contributed by atoms with Crippen LogP contribution in [0, 0.1) is 0 Å². The van der Waals surface area contributed by atoms with Crippen LogP contribution in [0.5, 0.6) is 0 Å². The second kappa shape index (κ2) is 11.3. The summed E-state index contributed by atoms with van der Waals surface area (Å²) in [6.45, 7) is 0. The molecule has 11 heteroatoms. The van der Waals surface area contributed by atoms with Crippen molar-refractivity contribution in [2.45, 2.75) is 5.16 Å². The number of hydrogen-bond acceptors (Lipinski definition) is 5. The molecular weight excluding hydrogens is 511 g/mol. The van der Waals surface area contributed by atoms with Crippen LogP contribution in [0.2, 0.25) is 10.0 Å². The zero-order valence-electron chi connectivity index (χ0n) is 17.5. The Morgan fingerprint density at radius 2 is 1.53 bits per heavy atom. The average molecular weight is 529 g/mol. The Morgan fingerprint density at radius 3 is 2.21 bits per heavy atom. The topological polar surface area (TPSA) is 83.9 Å². The molecule has 172 valence electrons. The quantitative estimate of drug-likeness (QED) is 0.176. The van der Waals surface area contributed by atoms with E-state index < -0.39 is 0 Å². The smallest absolute Gasteiger partial charge is 0.248 e. The molecule has 0 saturated carbocycles. The number of carbonyl (C=O) groups is 1. The third-order valence-electron chi connectivity index (χ3n) is 4.50. The first-order valence-electron chi connectivity index (χ1n) is 10.0. The highest BCUT2D eigenvalue weighted by Crippen LogP contribution is 2.28. The summed E-state index contributed by atoms with van der Waals surface area (Å²) in [5, 5.41) is 13.7. The molecule has 0 spiro atoms. The molecule has 4 rings (SSSR count). The number of aromatic nitrogens is 3. The molecule has 0 unspecified atom stereocenters. The van der Waals surface area contributed by atoms with Crippen molar-refractivity contribution in [3.05, 3.63) is 88.9 Å². The Bertz CT molecular complexity index is 1280. The maximum absolute atomic E-state index is 12.4. The van der Waals surface area contributed by atoms with Gasteiger partial charge < -0.3 is 5.32 Å². The summed E-state index contributed by atoms with van der Waals surface area (Å²) in [4.78, 5) is 12.4. The van der Waals surface area contributed by atoms with Gasteiger partial charge in [-0.1, -0.05) is 65.3 Å². The van der Waals surface area contributed by atoms with Gasteiger partial charge in [-0.3, -0.25) is 20.2 Å². The Hall–Kier alpha value is -3.11. The van der Waals surface area contributed by atoms with Crippen LogP contribution in [0.1, 0.15) is 0 Å². The summed E-state index contributed by atoms with van der Waals surface area (Å²) in [6.07, 6.45) is 0. The van der Waals surface area contributed by atoms with Gasteiger partial charge >= 0.3 is 0 Å². The van der Waals surface area contributed by atoms with Crippen molar-refractivity contribution in [3.63, 3.8) is 0 Å². The van der Waals surface area contributed by atoms with E-state index in [2.05, 4.69) is 26.4 Å². The Morgan fingerprint density at radius 1 is 0.882 bits per heavy atom. The van der Waals surface area contributed by atoms with Crippen LogP contribution >= 0.6 is 47.2 Å². The first kappa shape index (κ1) is 24.0. The number of carbonyl (C=O) groups excluding carboxylic acids is 1. The predicted octanol–water partition coefficient (Wildman–Crippen LogP) is 5.35. The molecule has 34 heavy (non-hydrogen) atoms. The highest BCUT2D eigenvalue weighted by molar-refractivity contribution is 7.99. The number of thioether (sulfide) groups is 1. The number of nitrogens with zero attached hydrogens (tertiary/aromatic N) is 3. The number of hydrazine groups is 1. The Labute approximate surface area is 215 Å². The lowest BCUT2D eigenvalue weighted by molar-refractivity contribution is -0.119. The third-order valence-corrected chi connectivity index (χ3v) is 6.14. The predicted molar refractivity (Wildman–Crippen MR) is 141 cm³/mol. The molecular formula is C23H18Cl2N6OS2. The first-order chi connectivity index (χ1) is 16.5. The minimum atomic E-state index is -0.280. The number of halogens is 2. The summed E-state index contributed by atoms with van der Waals surface area (Å²) in [6, 6.07) is 24.1. The normalized spacial score (nSPS) is 10.5. The average Bonchev–Trinajstić information content (AvgIpc) is 3.28. The molecule has 1 heterocycles. The van der Waals surface area contributed by atoms with E-state index in [9.17, 15) is 4.79 Å². The molecule has 0 aliphatic carbocycles. The molecule has 0 fully saturated rings. The van der Waals surface area contributed by atoms with Crippen LogP contribution in [0.4, 0.5) is 5.69 Å². The van der Waals surface area contributed by atoms with Crippen LogP contribution in [-0.2, 0) is 4.79 Å². The number of anilines is 1. The molecule has 4 aromatic rings. The zero-order valence-corrected chi connectivity index (χ0v) is 20.7. The number of nitrogens with one attached hydrogen (secondary N) is 3. The molecule has 1 amide bonds. The monoisotopic (exact) mass is 528 g/mol. The highest BCUT2D eigenvalue weighted by Gasteiger charge is 2.17. The van der Waals surface area contributed by atoms with Crippen LogP contribution in [0.3, 0.4) is 0 Å². The summed E-state index contributed by atoms with van der Waals surface area (Å²) >= 11 is 18.4. The van der Waals surface area contributed by atoms with Crippen molar-refractivity contribution in [1.29, 1.82) is 0 Å². The Balaban J connectivity index is 1.41. The highest BCUT2D eigenvalue weighted by atomic mass is 35.5. The fourth-order valence-corrected chi connectivity index (χ4v) is 4.12. The molecule has 0 atom stereocenters. The van der Waals surface area contributed by atoms with Crippen LogP contribution in [0.25, 0.3) is 17.1 Å². The van der Waals surface area contributed by atoms with Gasteiger partial charge in [-0.05, 0) is 60.7 Å². The van der Waals surface area contributed by atoms with E-state index in [0.29, 0.717) is 21.0 Å². The van der Waals surface area contributed by atoms with Gasteiger partial charge in [-0.15, -0.1) is 10.2 Å². The van der Waals surface area contributed by atoms with E-state index >= 15 is 0 Å². The zero-order chi connectivity index (χ0) is 23.9. The maximum Gasteiger partial charge on any atom is 0.248 e. The van der Waals surface area contributed by atoms with Gasteiger partial charge in [0.25, 0.3) is 0 Å². The number of benzene rings is 3. The second-order valence-electron chi connectivity index (χ2n) is 6.91. The largest absolute Gasteiger partial charge is 0.331 e. The van der Waals surface area contributed by atoms with Crippen molar-refractivity contribution >= 4 is 63.9 Å². The van der Waals surface area contributed by atoms with Crippen molar-refractivity contribution in [1.82, 2.24) is 25.6 Å². The lowest BCUT2D eigenvalue weighted by Crippen LogP contribution is -2.44. The molecule has 0 bridgehead atoms. The van der Waals surface area contributed by atoms with E-state index in [1.165, 1.54) is 11.8 Å². The van der Waals surface area contributed by atoms with E-state index in [-0.39, 0.29) is 16.8 Å². The van der Waals surface area contributed by atoms with Gasteiger partial charge in [-0.25, -0.2) is 0 Å². The van der Waals surface area contributed by atoms with Crippen LogP contribution in [0.15, 0.2) is 84.0 Å². The van der Waals surface area contributed by atoms with Gasteiger partial charge in [0, 0.05) is 27.0 Å². The minimum Gasteiger partial charge on any atom is -0.331 e. The molecule has 0 aliphatic heterocycles. The summed E-state index contributed by atoms with van der Waals surface area (Å²) < 4.78 is 1.89. The van der Waals surface area contributed by atoms with Gasteiger partial charge in [0.15, 0.2) is 16.1 Å². The fourth-order valence-electron chi connectivity index (χ4n) is 2.95. The van der Waals surface area contributed by atoms with E-state index in [1.807, 2.05) is 47.0 Å². The van der Waals surface area contributed by atoms with Gasteiger partial charge in [-0.2, -0.15) is 0 Å². The van der Waals surface area contributed by atoms with Crippen molar-refractivity contribution in [3.8, 4) is 17.1 Å². The molecule has 0 saturated heterocycles. The van der Waals surface area contributed by atoms with E-state index in [4.69, 9.17) is 35.4 Å². The SMILES string of the molecule is O=C(CSc1nnc(-c2ccccc2)n1-c1ccc(Cl)cc1)NNC(=S)Nc1ccc(Cl)cc1. The van der Waals surface area contributed by atoms with Crippen molar-refractivity contribution in [2.24, 2.45) is 0 Å². The Kier molecular flexibility index (Phi) is 8.02. The standard InChI is InChI=1S/C23H18Cl2N6OS2/c24-16-6-10-18(11-7-16)26-22(33)29-27-20(32)14-34-23-30-28-21(15-4-2-1-3-5-15)31(23)19-12-8-17(25)9-13-19/h1-13H,14H2,(H,27,32)(H2,26,29,33). The van der Waals surface area contributed by atoms with Crippen LogP contribution < -0.4 is 16.2 Å². The summed E-state index contributed by atoms with van der Waals surface area (Å²) in [7, 11) is 0. The third kappa shape index (κ3) is 6.27. The summed E-state index contributed by atoms with van der Waals surface area (Å²) in [5.74, 6) is 0.478. The molecule has 7 nitrogen and oxygen atoms in total. The number of rotatable bonds is 6. The molecule has 3 N–H and O–H groups in total.